The lowest BCUT2D eigenvalue weighted by Gasteiger charge is -2.33. The van der Waals surface area contributed by atoms with Crippen molar-refractivity contribution in [3.63, 3.8) is 0 Å². The predicted molar refractivity (Wildman–Crippen MR) is 53.5 cm³/mol. The average molecular weight is 184 g/mol. The molecule has 0 aliphatic carbocycles. The first kappa shape index (κ1) is 10.5. The van der Waals surface area contributed by atoms with Crippen molar-refractivity contribution < 1.29 is 4.79 Å². The molecule has 0 saturated carbocycles. The van der Waals surface area contributed by atoms with Gasteiger partial charge in [-0.1, -0.05) is 13.8 Å². The molecule has 1 rings (SSSR count). The van der Waals surface area contributed by atoms with Crippen LogP contribution in [0.2, 0.25) is 0 Å². The van der Waals surface area contributed by atoms with Gasteiger partial charge < -0.3 is 10.6 Å². The van der Waals surface area contributed by atoms with Crippen LogP contribution in [0.4, 0.5) is 0 Å². The minimum Gasteiger partial charge on any atom is -0.351 e. The molecule has 0 aromatic carbocycles. The van der Waals surface area contributed by atoms with Crippen molar-refractivity contribution in [1.29, 1.82) is 0 Å². The Labute approximate surface area is 80.3 Å². The lowest BCUT2D eigenvalue weighted by atomic mass is 9.93. The van der Waals surface area contributed by atoms with Crippen molar-refractivity contribution in [2.24, 2.45) is 5.92 Å². The molecule has 3 heteroatoms. The number of carbonyl (C=O) groups excluding carboxylic acids is 1. The zero-order valence-corrected chi connectivity index (χ0v) is 8.81. The van der Waals surface area contributed by atoms with E-state index in [1.807, 2.05) is 0 Å². The molecule has 0 spiro atoms. The highest BCUT2D eigenvalue weighted by atomic mass is 16.2. The zero-order valence-electron chi connectivity index (χ0n) is 8.81. The van der Waals surface area contributed by atoms with Gasteiger partial charge in [0.05, 0.1) is 5.92 Å². The number of amides is 1. The van der Waals surface area contributed by atoms with Gasteiger partial charge in [0.25, 0.3) is 0 Å². The second kappa shape index (κ2) is 4.09. The molecular formula is C10H20N2O. The van der Waals surface area contributed by atoms with Gasteiger partial charge in [-0.2, -0.15) is 0 Å². The fourth-order valence-corrected chi connectivity index (χ4v) is 1.30. The maximum Gasteiger partial charge on any atom is 0.226 e. The smallest absolute Gasteiger partial charge is 0.226 e. The lowest BCUT2D eigenvalue weighted by molar-refractivity contribution is -0.128. The van der Waals surface area contributed by atoms with Crippen molar-refractivity contribution in [3.05, 3.63) is 0 Å². The normalized spacial score (nSPS) is 18.1. The molecule has 0 atom stereocenters. The summed E-state index contributed by atoms with van der Waals surface area (Å²) in [5.74, 6) is 0.419. The summed E-state index contributed by atoms with van der Waals surface area (Å²) in [4.78, 5) is 11.6. The Morgan fingerprint density at radius 1 is 1.46 bits per heavy atom. The number of hydrogen-bond donors (Lipinski definition) is 2. The van der Waals surface area contributed by atoms with Gasteiger partial charge in [-0.25, -0.2) is 0 Å². The van der Waals surface area contributed by atoms with Crippen LogP contribution in [0.5, 0.6) is 0 Å². The number of carbonyl (C=O) groups is 1. The standard InChI is InChI=1S/C10H20N2O/c1-4-10(3,5-2)12-9(13)8-6-11-7-8/h8,11H,4-7H2,1-3H3,(H,12,13). The Morgan fingerprint density at radius 2 is 2.00 bits per heavy atom. The van der Waals surface area contributed by atoms with Gasteiger partial charge in [0, 0.05) is 18.6 Å². The Bertz CT molecular complexity index is 183. The van der Waals surface area contributed by atoms with Crippen LogP contribution in [-0.2, 0) is 4.79 Å². The number of rotatable bonds is 4. The van der Waals surface area contributed by atoms with Crippen LogP contribution in [0.3, 0.4) is 0 Å². The van der Waals surface area contributed by atoms with Gasteiger partial charge >= 0.3 is 0 Å². The molecule has 1 fully saturated rings. The molecule has 0 aromatic heterocycles. The third-order valence-corrected chi connectivity index (χ3v) is 3.14. The second-order valence-corrected chi connectivity index (χ2v) is 4.11. The molecule has 0 radical (unpaired) electrons. The zero-order chi connectivity index (χ0) is 9.90. The molecule has 3 nitrogen and oxygen atoms in total. The molecule has 1 saturated heterocycles. The highest BCUT2D eigenvalue weighted by Crippen LogP contribution is 2.15. The van der Waals surface area contributed by atoms with Crippen molar-refractivity contribution >= 4 is 5.91 Å². The van der Waals surface area contributed by atoms with Crippen LogP contribution < -0.4 is 10.6 Å². The van der Waals surface area contributed by atoms with Crippen molar-refractivity contribution in [1.82, 2.24) is 10.6 Å². The van der Waals surface area contributed by atoms with E-state index in [4.69, 9.17) is 0 Å². The van der Waals surface area contributed by atoms with Gasteiger partial charge in [0.2, 0.25) is 5.91 Å². The quantitative estimate of drug-likeness (QED) is 0.681. The van der Waals surface area contributed by atoms with Crippen LogP contribution in [0, 0.1) is 5.92 Å². The largest absolute Gasteiger partial charge is 0.351 e. The van der Waals surface area contributed by atoms with Gasteiger partial charge in [-0.3, -0.25) is 4.79 Å². The van der Waals surface area contributed by atoms with E-state index in [0.29, 0.717) is 0 Å². The molecule has 0 bridgehead atoms. The van der Waals surface area contributed by atoms with Crippen LogP contribution in [-0.4, -0.2) is 24.5 Å². The maximum absolute atomic E-state index is 11.6. The maximum atomic E-state index is 11.6. The summed E-state index contributed by atoms with van der Waals surface area (Å²) in [6, 6.07) is 0. The molecule has 76 valence electrons. The summed E-state index contributed by atoms with van der Waals surface area (Å²) in [6.45, 7) is 8.02. The highest BCUT2D eigenvalue weighted by Gasteiger charge is 2.29. The summed E-state index contributed by atoms with van der Waals surface area (Å²) in [7, 11) is 0. The van der Waals surface area contributed by atoms with E-state index in [9.17, 15) is 4.79 Å². The molecular weight excluding hydrogens is 164 g/mol. The Kier molecular flexibility index (Phi) is 3.31. The van der Waals surface area contributed by atoms with Crippen LogP contribution in [0.15, 0.2) is 0 Å². The van der Waals surface area contributed by atoms with Crippen molar-refractivity contribution in [3.8, 4) is 0 Å². The SMILES string of the molecule is CCC(C)(CC)NC(=O)C1CNC1. The van der Waals surface area contributed by atoms with E-state index in [0.717, 1.165) is 25.9 Å². The third kappa shape index (κ3) is 2.44. The van der Waals surface area contributed by atoms with E-state index in [1.165, 1.54) is 0 Å². The number of hydrogen-bond acceptors (Lipinski definition) is 2. The van der Waals surface area contributed by atoms with Gasteiger partial charge in [-0.05, 0) is 19.8 Å². The first-order valence-electron chi connectivity index (χ1n) is 5.14. The Morgan fingerprint density at radius 3 is 2.31 bits per heavy atom. The predicted octanol–water partition coefficient (Wildman–Crippen LogP) is 0.901. The van der Waals surface area contributed by atoms with Gasteiger partial charge in [-0.15, -0.1) is 0 Å². The van der Waals surface area contributed by atoms with Gasteiger partial charge in [0.1, 0.15) is 0 Å². The summed E-state index contributed by atoms with van der Waals surface area (Å²) in [5, 5.41) is 6.22. The third-order valence-electron chi connectivity index (χ3n) is 3.14. The molecule has 1 aliphatic rings. The minimum atomic E-state index is -0.00727. The Hall–Kier alpha value is -0.570. The molecule has 1 heterocycles. The van der Waals surface area contributed by atoms with Crippen molar-refractivity contribution in [2.45, 2.75) is 39.2 Å². The molecule has 13 heavy (non-hydrogen) atoms. The second-order valence-electron chi connectivity index (χ2n) is 4.11. The molecule has 1 aliphatic heterocycles. The van der Waals surface area contributed by atoms with E-state index in [1.54, 1.807) is 0 Å². The molecule has 2 N–H and O–H groups in total. The first-order chi connectivity index (χ1) is 6.11. The average Bonchev–Trinajstić information content (AvgIpc) is 2.01. The minimum absolute atomic E-state index is 0.00727. The summed E-state index contributed by atoms with van der Waals surface area (Å²) >= 11 is 0. The summed E-state index contributed by atoms with van der Waals surface area (Å²) < 4.78 is 0. The number of nitrogens with one attached hydrogen (secondary N) is 2. The van der Waals surface area contributed by atoms with E-state index >= 15 is 0 Å². The molecule has 0 aromatic rings. The van der Waals surface area contributed by atoms with Crippen LogP contribution >= 0.6 is 0 Å². The monoisotopic (exact) mass is 184 g/mol. The Balaban J connectivity index is 2.40. The van der Waals surface area contributed by atoms with Crippen LogP contribution in [0.1, 0.15) is 33.6 Å². The van der Waals surface area contributed by atoms with Crippen molar-refractivity contribution in [2.75, 3.05) is 13.1 Å². The fourth-order valence-electron chi connectivity index (χ4n) is 1.30. The van der Waals surface area contributed by atoms with Gasteiger partial charge in [0.15, 0.2) is 0 Å². The lowest BCUT2D eigenvalue weighted by Crippen LogP contribution is -2.55. The first-order valence-corrected chi connectivity index (χ1v) is 5.14. The highest BCUT2D eigenvalue weighted by molar-refractivity contribution is 5.80. The van der Waals surface area contributed by atoms with E-state index in [-0.39, 0.29) is 17.4 Å². The molecule has 1 amide bonds. The summed E-state index contributed by atoms with van der Waals surface area (Å²) in [6.07, 6.45) is 1.99. The topological polar surface area (TPSA) is 41.1 Å². The fraction of sp³-hybridized carbons (Fsp3) is 0.900. The summed E-state index contributed by atoms with van der Waals surface area (Å²) in [5.41, 5.74) is -0.00727. The van der Waals surface area contributed by atoms with Crippen LogP contribution in [0.25, 0.3) is 0 Å². The van der Waals surface area contributed by atoms with E-state index < -0.39 is 0 Å². The molecule has 0 unspecified atom stereocenters. The van der Waals surface area contributed by atoms with E-state index in [2.05, 4.69) is 31.4 Å².